The Bertz CT molecular complexity index is 964. The Hall–Kier alpha value is -2.89. The molecule has 4 rings (SSSR count). The summed E-state index contributed by atoms with van der Waals surface area (Å²) in [5, 5.41) is 4.04. The fourth-order valence-electron chi connectivity index (χ4n) is 3.51. The maximum atomic E-state index is 12.6. The molecule has 6 nitrogen and oxygen atoms in total. The summed E-state index contributed by atoms with van der Waals surface area (Å²) >= 11 is 0. The van der Waals surface area contributed by atoms with Crippen molar-refractivity contribution in [1.82, 2.24) is 20.1 Å². The predicted molar refractivity (Wildman–Crippen MR) is 95.9 cm³/mol. The lowest BCUT2D eigenvalue weighted by atomic mass is 9.94. The summed E-state index contributed by atoms with van der Waals surface area (Å²) in [7, 11) is 0. The van der Waals surface area contributed by atoms with Crippen molar-refractivity contribution in [2.45, 2.75) is 45.4 Å². The Balaban J connectivity index is 1.53. The van der Waals surface area contributed by atoms with Crippen LogP contribution in [-0.2, 0) is 12.8 Å². The quantitative estimate of drug-likeness (QED) is 0.654. The zero-order valence-electron chi connectivity index (χ0n) is 14.9. The van der Waals surface area contributed by atoms with Gasteiger partial charge in [-0.05, 0) is 48.9 Å². The van der Waals surface area contributed by atoms with Crippen LogP contribution in [0.15, 0.2) is 35.1 Å². The van der Waals surface area contributed by atoms with Crippen LogP contribution in [0.5, 0.6) is 0 Å². The van der Waals surface area contributed by atoms with Gasteiger partial charge < -0.3 is 4.52 Å². The molecule has 0 amide bonds. The van der Waals surface area contributed by atoms with Crippen LogP contribution in [-0.4, -0.2) is 25.9 Å². The average Bonchev–Trinajstić information content (AvgIpc) is 3.28. The van der Waals surface area contributed by atoms with Crippen LogP contribution in [0.25, 0.3) is 11.4 Å². The first kappa shape index (κ1) is 16.6. The molecular formula is C20H20N4O2. The van der Waals surface area contributed by atoms with Gasteiger partial charge in [0.25, 0.3) is 0 Å². The number of aromatic nitrogens is 4. The van der Waals surface area contributed by atoms with E-state index in [4.69, 9.17) is 4.52 Å². The third-order valence-electron chi connectivity index (χ3n) is 4.89. The van der Waals surface area contributed by atoms with Crippen LogP contribution in [0.1, 0.15) is 58.9 Å². The maximum absolute atomic E-state index is 12.6. The third-order valence-corrected chi connectivity index (χ3v) is 4.89. The van der Waals surface area contributed by atoms with Gasteiger partial charge in [0.1, 0.15) is 12.0 Å². The Kier molecular flexibility index (Phi) is 4.32. The number of carbonyl (C=O) groups excluding carboxylic acids is 1. The fourth-order valence-corrected chi connectivity index (χ4v) is 3.51. The first-order valence-electron chi connectivity index (χ1n) is 8.91. The molecule has 0 saturated carbocycles. The third kappa shape index (κ3) is 3.14. The molecule has 0 unspecified atom stereocenters. The molecular weight excluding hydrogens is 328 g/mol. The van der Waals surface area contributed by atoms with Crippen molar-refractivity contribution < 1.29 is 9.32 Å². The van der Waals surface area contributed by atoms with E-state index in [-0.39, 0.29) is 11.7 Å². The predicted octanol–water partition coefficient (Wildman–Crippen LogP) is 3.70. The summed E-state index contributed by atoms with van der Waals surface area (Å²) in [4.78, 5) is 25.1. The molecule has 0 spiro atoms. The molecule has 132 valence electrons. The average molecular weight is 348 g/mol. The molecule has 3 aromatic rings. The van der Waals surface area contributed by atoms with Gasteiger partial charge in [0, 0.05) is 24.1 Å². The largest absolute Gasteiger partial charge is 0.339 e. The number of rotatable bonds is 5. The fraction of sp³-hybridized carbons (Fsp3) is 0.350. The molecule has 6 heteroatoms. The summed E-state index contributed by atoms with van der Waals surface area (Å²) in [5.41, 5.74) is 4.78. The monoisotopic (exact) mass is 348 g/mol. The summed E-state index contributed by atoms with van der Waals surface area (Å²) in [5.74, 6) is 1.58. The highest BCUT2D eigenvalue weighted by atomic mass is 16.5. The van der Waals surface area contributed by atoms with Gasteiger partial charge in [-0.1, -0.05) is 24.2 Å². The summed E-state index contributed by atoms with van der Waals surface area (Å²) in [6.07, 6.45) is 4.59. The Morgan fingerprint density at radius 1 is 1.27 bits per heavy atom. The standard InChI is InChI=1S/C20H20N4O2/c1-3-19-23-20(24-26-19)15-6-7-16-13(9-15)4-5-14(16)10-18(25)17-8-12(2)21-11-22-17/h6-9,11,14H,3-5,10H2,1-2H3/t14-/m0/s1. The second-order valence-electron chi connectivity index (χ2n) is 6.69. The van der Waals surface area contributed by atoms with Gasteiger partial charge in [0.2, 0.25) is 11.7 Å². The number of nitrogens with zero attached hydrogens (tertiary/aromatic N) is 4. The number of aryl methyl sites for hydroxylation is 3. The van der Waals surface area contributed by atoms with Crippen LogP contribution in [0.3, 0.4) is 0 Å². The van der Waals surface area contributed by atoms with E-state index in [2.05, 4.69) is 32.2 Å². The number of ketones is 1. The van der Waals surface area contributed by atoms with Crippen molar-refractivity contribution in [2.24, 2.45) is 0 Å². The van der Waals surface area contributed by atoms with Gasteiger partial charge in [-0.3, -0.25) is 4.79 Å². The molecule has 1 aliphatic carbocycles. The van der Waals surface area contributed by atoms with E-state index < -0.39 is 0 Å². The van der Waals surface area contributed by atoms with Crippen molar-refractivity contribution in [2.75, 3.05) is 0 Å². The van der Waals surface area contributed by atoms with Crippen molar-refractivity contribution >= 4 is 5.78 Å². The first-order valence-corrected chi connectivity index (χ1v) is 8.91. The van der Waals surface area contributed by atoms with E-state index in [0.717, 1.165) is 30.5 Å². The smallest absolute Gasteiger partial charge is 0.226 e. The lowest BCUT2D eigenvalue weighted by molar-refractivity contribution is 0.0968. The van der Waals surface area contributed by atoms with Gasteiger partial charge in [-0.2, -0.15) is 4.98 Å². The van der Waals surface area contributed by atoms with Gasteiger partial charge in [-0.15, -0.1) is 0 Å². The van der Waals surface area contributed by atoms with Crippen molar-refractivity contribution in [3.63, 3.8) is 0 Å². The molecule has 0 N–H and O–H groups in total. The molecule has 0 fully saturated rings. The maximum Gasteiger partial charge on any atom is 0.226 e. The molecule has 0 aliphatic heterocycles. The summed E-state index contributed by atoms with van der Waals surface area (Å²) in [6, 6.07) is 7.99. The molecule has 0 saturated heterocycles. The molecule has 1 aromatic carbocycles. The number of Topliss-reactive ketones (excluding diaryl/α,β-unsaturated/α-hetero) is 1. The number of fused-ring (bicyclic) bond motifs is 1. The van der Waals surface area contributed by atoms with E-state index in [1.54, 1.807) is 6.07 Å². The van der Waals surface area contributed by atoms with Gasteiger partial charge in [0.05, 0.1) is 0 Å². The molecule has 1 aliphatic rings. The Morgan fingerprint density at radius 3 is 2.92 bits per heavy atom. The minimum absolute atomic E-state index is 0.0724. The lowest BCUT2D eigenvalue weighted by Gasteiger charge is -2.11. The van der Waals surface area contributed by atoms with Crippen molar-refractivity contribution in [3.8, 4) is 11.4 Å². The second-order valence-corrected chi connectivity index (χ2v) is 6.69. The van der Waals surface area contributed by atoms with E-state index in [1.807, 2.05) is 19.9 Å². The highest BCUT2D eigenvalue weighted by Gasteiger charge is 2.26. The van der Waals surface area contributed by atoms with Crippen LogP contribution < -0.4 is 0 Å². The van der Waals surface area contributed by atoms with Gasteiger partial charge >= 0.3 is 0 Å². The van der Waals surface area contributed by atoms with Crippen LogP contribution in [0.4, 0.5) is 0 Å². The topological polar surface area (TPSA) is 81.8 Å². The highest BCUT2D eigenvalue weighted by molar-refractivity contribution is 5.94. The van der Waals surface area contributed by atoms with Crippen LogP contribution in [0.2, 0.25) is 0 Å². The lowest BCUT2D eigenvalue weighted by Crippen LogP contribution is -2.08. The van der Waals surface area contributed by atoms with Crippen molar-refractivity contribution in [1.29, 1.82) is 0 Å². The molecule has 2 heterocycles. The molecule has 26 heavy (non-hydrogen) atoms. The molecule has 1 atom stereocenters. The van der Waals surface area contributed by atoms with Crippen LogP contribution >= 0.6 is 0 Å². The number of hydrogen-bond donors (Lipinski definition) is 0. The number of carbonyl (C=O) groups is 1. The molecule has 0 bridgehead atoms. The number of benzene rings is 1. The van der Waals surface area contributed by atoms with Crippen LogP contribution in [0, 0.1) is 6.92 Å². The minimum Gasteiger partial charge on any atom is -0.339 e. The van der Waals surface area contributed by atoms with Gasteiger partial charge in [-0.25, -0.2) is 9.97 Å². The zero-order valence-corrected chi connectivity index (χ0v) is 14.9. The SMILES string of the molecule is CCc1nc(-c2ccc3c(c2)CC[C@H]3CC(=O)c2cc(C)ncn2)no1. The second kappa shape index (κ2) is 6.78. The molecule has 2 aromatic heterocycles. The Labute approximate surface area is 151 Å². The molecule has 0 radical (unpaired) electrons. The Morgan fingerprint density at radius 2 is 2.15 bits per heavy atom. The van der Waals surface area contributed by atoms with E-state index >= 15 is 0 Å². The first-order chi connectivity index (χ1) is 12.6. The van der Waals surface area contributed by atoms with Crippen molar-refractivity contribution in [3.05, 3.63) is 59.0 Å². The van der Waals surface area contributed by atoms with E-state index in [1.165, 1.54) is 17.5 Å². The zero-order chi connectivity index (χ0) is 18.1. The normalized spacial score (nSPS) is 15.8. The summed E-state index contributed by atoms with van der Waals surface area (Å²) in [6.45, 7) is 3.85. The van der Waals surface area contributed by atoms with E-state index in [0.29, 0.717) is 23.8 Å². The highest BCUT2D eigenvalue weighted by Crippen LogP contribution is 2.37. The minimum atomic E-state index is 0.0724. The van der Waals surface area contributed by atoms with Gasteiger partial charge in [0.15, 0.2) is 5.78 Å². The van der Waals surface area contributed by atoms with E-state index in [9.17, 15) is 4.79 Å². The number of hydrogen-bond acceptors (Lipinski definition) is 6. The summed E-state index contributed by atoms with van der Waals surface area (Å²) < 4.78 is 5.20.